The van der Waals surface area contributed by atoms with Crippen LogP contribution in [0.15, 0.2) is 108 Å². The molecule has 352 valence electrons. The molecule has 7 N–H and O–H groups in total. The molecule has 0 aliphatic rings. The van der Waals surface area contributed by atoms with Gasteiger partial charge in [0.25, 0.3) is 0 Å². The van der Waals surface area contributed by atoms with E-state index in [1.54, 1.807) is 0 Å². The molecule has 0 fully saturated rings. The molecule has 0 saturated carbocycles. The van der Waals surface area contributed by atoms with E-state index < -0.39 is 29.8 Å². The number of esters is 1. The van der Waals surface area contributed by atoms with Crippen LogP contribution < -0.4 is 32.0 Å². The van der Waals surface area contributed by atoms with Crippen molar-refractivity contribution in [3.63, 3.8) is 0 Å². The molecule has 12 nitrogen and oxygen atoms in total. The van der Waals surface area contributed by atoms with Gasteiger partial charge in [0.1, 0.15) is 24.7 Å². The van der Waals surface area contributed by atoms with Crippen LogP contribution in [0, 0.1) is 23.7 Å². The van der Waals surface area contributed by atoms with Crippen molar-refractivity contribution in [2.75, 3.05) is 26.3 Å². The van der Waals surface area contributed by atoms with Crippen molar-refractivity contribution < 1.29 is 33.4 Å². The van der Waals surface area contributed by atoms with E-state index in [4.69, 9.17) is 31.4 Å². The van der Waals surface area contributed by atoms with Crippen LogP contribution in [0.1, 0.15) is 91.0 Å². The van der Waals surface area contributed by atoms with Gasteiger partial charge in [-0.1, -0.05) is 125 Å². The molecule has 12 heteroatoms. The second-order valence-corrected chi connectivity index (χ2v) is 18.0. The van der Waals surface area contributed by atoms with Crippen LogP contribution in [0.4, 0.5) is 0 Å². The Morgan fingerprint density at radius 1 is 0.652 bits per heavy atom. The number of carbonyl (C=O) groups is 4. The van der Waals surface area contributed by atoms with Crippen molar-refractivity contribution in [3.8, 4) is 22.6 Å². The van der Waals surface area contributed by atoms with Crippen LogP contribution in [0.5, 0.6) is 11.5 Å². The fraction of sp³-hybridized carbons (Fsp3) is 0.426. The summed E-state index contributed by atoms with van der Waals surface area (Å²) in [7, 11) is 0. The zero-order chi connectivity index (χ0) is 47.4. The molecule has 0 aromatic heterocycles. The number of ether oxygens (including phenoxy) is 3. The molecule has 0 saturated heterocycles. The molecule has 0 unspecified atom stereocenters. The summed E-state index contributed by atoms with van der Waals surface area (Å²) in [6, 6.07) is 32.5. The summed E-state index contributed by atoms with van der Waals surface area (Å²) in [6.45, 7) is 9.30. The van der Waals surface area contributed by atoms with Crippen molar-refractivity contribution in [1.82, 2.24) is 5.32 Å². The molecule has 0 spiro atoms. The normalized spacial score (nSPS) is 12.7. The number of nitrogens with two attached hydrogens (primary N) is 3. The summed E-state index contributed by atoms with van der Waals surface area (Å²) >= 11 is 0. The lowest BCUT2D eigenvalue weighted by Crippen LogP contribution is -2.45. The molecule has 1 amide bonds. The van der Waals surface area contributed by atoms with E-state index in [0.29, 0.717) is 56.9 Å². The Kier molecular flexibility index (Phi) is 20.0. The molecule has 0 aliphatic heterocycles. The molecule has 66 heavy (non-hydrogen) atoms. The minimum atomic E-state index is -0.954. The van der Waals surface area contributed by atoms with E-state index >= 15 is 0 Å². The summed E-state index contributed by atoms with van der Waals surface area (Å²) in [5, 5.41) is 6.96. The third-order valence-electron chi connectivity index (χ3n) is 11.6. The molecular formula is C54H69N5O7. The molecule has 0 radical (unpaired) electrons. The highest BCUT2D eigenvalue weighted by molar-refractivity contribution is 6.10. The van der Waals surface area contributed by atoms with E-state index in [1.807, 2.05) is 98.8 Å². The Balaban J connectivity index is 1.37. The monoisotopic (exact) mass is 900 g/mol. The number of fused-ring (bicyclic) bond motifs is 2. The lowest BCUT2D eigenvalue weighted by Gasteiger charge is -2.24. The van der Waals surface area contributed by atoms with Gasteiger partial charge in [0, 0.05) is 36.4 Å². The van der Waals surface area contributed by atoms with Gasteiger partial charge in [-0.25, -0.2) is 0 Å². The number of amides is 1. The lowest BCUT2D eigenvalue weighted by atomic mass is 9.89. The van der Waals surface area contributed by atoms with Crippen molar-refractivity contribution in [1.29, 1.82) is 0 Å². The van der Waals surface area contributed by atoms with Crippen molar-refractivity contribution in [3.05, 3.63) is 109 Å². The summed E-state index contributed by atoms with van der Waals surface area (Å²) in [4.78, 5) is 60.0. The average Bonchev–Trinajstić information content (AvgIpc) is 3.30. The Labute approximate surface area is 390 Å². The van der Waals surface area contributed by atoms with Crippen molar-refractivity contribution in [2.24, 2.45) is 45.9 Å². The van der Waals surface area contributed by atoms with E-state index in [0.717, 1.165) is 50.4 Å². The van der Waals surface area contributed by atoms with Gasteiger partial charge in [-0.3, -0.25) is 24.2 Å². The number of hydrogen-bond donors (Lipinski definition) is 4. The number of benzene rings is 5. The van der Waals surface area contributed by atoms with Gasteiger partial charge < -0.3 is 36.7 Å². The van der Waals surface area contributed by atoms with Gasteiger partial charge in [0.2, 0.25) is 5.91 Å². The first-order chi connectivity index (χ1) is 31.8. The largest absolute Gasteiger partial charge is 0.493 e. The maximum absolute atomic E-state index is 14.3. The minimum absolute atomic E-state index is 0.0795. The smallest absolute Gasteiger partial charge is 0.309 e. The molecule has 0 aliphatic carbocycles. The summed E-state index contributed by atoms with van der Waals surface area (Å²) < 4.78 is 18.7. The highest BCUT2D eigenvalue weighted by Crippen LogP contribution is 2.45. The zero-order valence-electron chi connectivity index (χ0n) is 39.1. The van der Waals surface area contributed by atoms with Gasteiger partial charge >= 0.3 is 5.97 Å². The Bertz CT molecular complexity index is 2400. The summed E-state index contributed by atoms with van der Waals surface area (Å²) in [5.41, 5.74) is 19.5. The molecule has 5 rings (SSSR count). The van der Waals surface area contributed by atoms with Gasteiger partial charge in [0.05, 0.1) is 18.6 Å². The van der Waals surface area contributed by atoms with Gasteiger partial charge in [-0.2, -0.15) is 0 Å². The molecule has 5 aromatic carbocycles. The fourth-order valence-corrected chi connectivity index (χ4v) is 8.19. The van der Waals surface area contributed by atoms with E-state index in [-0.39, 0.29) is 62.5 Å². The standard InChI is InChI=1S/C54H69N5O7/c1-36(2)27-30-64-48-25-23-39-17-8-10-20-44(39)50(48)51-45-21-11-9-18-40(45)24-26-49(51)65-35-43(60)32-41(19-12-13-28-55)52(62)59-46(22-14-29-58-54(56)57)47(61)33-42(31-37(3)4)53(63)66-34-38-15-6-5-7-16-38/h5-11,15-18,20-21,23-26,36-37,41-42,46H,12-14,19,22,27-35,55H2,1-4H3,(H,59,62)(H4,56,57,58)/t41-,42+,46+/m0/s1. The van der Waals surface area contributed by atoms with Gasteiger partial charge in [0.15, 0.2) is 17.5 Å². The van der Waals surface area contributed by atoms with Crippen LogP contribution in [0.2, 0.25) is 0 Å². The molecule has 5 aromatic rings. The van der Waals surface area contributed by atoms with E-state index in [2.05, 4.69) is 42.4 Å². The molecule has 3 atom stereocenters. The van der Waals surface area contributed by atoms with Crippen LogP contribution in [0.25, 0.3) is 32.7 Å². The molecule has 0 bridgehead atoms. The van der Waals surface area contributed by atoms with Gasteiger partial charge in [-0.15, -0.1) is 0 Å². The number of nitrogens with zero attached hydrogens (tertiary/aromatic N) is 1. The topological polar surface area (TPSA) is 198 Å². The Morgan fingerprint density at radius 3 is 1.88 bits per heavy atom. The van der Waals surface area contributed by atoms with Crippen molar-refractivity contribution in [2.45, 2.75) is 98.1 Å². The third-order valence-corrected chi connectivity index (χ3v) is 11.6. The Hall–Kier alpha value is -6.27. The summed E-state index contributed by atoms with van der Waals surface area (Å²) in [5.74, 6) is -1.25. The predicted molar refractivity (Wildman–Crippen MR) is 264 cm³/mol. The number of carbonyl (C=O) groups excluding carboxylic acids is 4. The SMILES string of the molecule is CC(C)CCOc1ccc2ccccc2c1-c1c(OCC(=O)C[C@H](CCCCN)C(=O)N[C@H](CCCN=C(N)N)C(=O)C[C@@H](CC(C)C)C(=O)OCc2ccccc2)ccc2ccccc12. The van der Waals surface area contributed by atoms with Crippen LogP contribution in [-0.2, 0) is 30.5 Å². The number of aliphatic imine (C=N–C) groups is 1. The minimum Gasteiger partial charge on any atom is -0.493 e. The molecular weight excluding hydrogens is 831 g/mol. The maximum Gasteiger partial charge on any atom is 0.309 e. The molecule has 0 heterocycles. The number of ketones is 2. The highest BCUT2D eigenvalue weighted by Gasteiger charge is 2.31. The number of Topliss-reactive ketones (excluding diaryl/α,β-unsaturated/α-hetero) is 2. The highest BCUT2D eigenvalue weighted by atomic mass is 16.5. The predicted octanol–water partition coefficient (Wildman–Crippen LogP) is 9.07. The second kappa shape index (κ2) is 26.0. The third kappa shape index (κ3) is 15.4. The maximum atomic E-state index is 14.3. The van der Waals surface area contributed by atoms with Crippen molar-refractivity contribution >= 4 is 50.9 Å². The number of hydrogen-bond acceptors (Lipinski definition) is 9. The summed E-state index contributed by atoms with van der Waals surface area (Å²) in [6.07, 6.45) is 3.32. The number of rotatable bonds is 28. The number of unbranched alkanes of at least 4 members (excludes halogenated alkanes) is 1. The van der Waals surface area contributed by atoms with E-state index in [9.17, 15) is 19.2 Å². The fourth-order valence-electron chi connectivity index (χ4n) is 8.19. The zero-order valence-corrected chi connectivity index (χ0v) is 39.1. The van der Waals surface area contributed by atoms with Crippen LogP contribution >= 0.6 is 0 Å². The Morgan fingerprint density at radius 2 is 1.27 bits per heavy atom. The van der Waals surface area contributed by atoms with Crippen LogP contribution in [0.3, 0.4) is 0 Å². The lowest BCUT2D eigenvalue weighted by molar-refractivity contribution is -0.152. The van der Waals surface area contributed by atoms with E-state index in [1.165, 1.54) is 0 Å². The first kappa shape index (κ1) is 50.7. The average molecular weight is 900 g/mol. The quantitative estimate of drug-likeness (QED) is 0.0163. The first-order valence-electron chi connectivity index (χ1n) is 23.4. The first-order valence-corrected chi connectivity index (χ1v) is 23.4. The van der Waals surface area contributed by atoms with Gasteiger partial charge in [-0.05, 0) is 96.1 Å². The second-order valence-electron chi connectivity index (χ2n) is 18.0. The number of guanidine groups is 1. The number of nitrogens with one attached hydrogen (secondary N) is 1. The van der Waals surface area contributed by atoms with Crippen LogP contribution in [-0.4, -0.2) is 61.7 Å².